The predicted molar refractivity (Wildman–Crippen MR) is 63.7 cm³/mol. The van der Waals surface area contributed by atoms with E-state index >= 15 is 0 Å². The molecule has 2 unspecified atom stereocenters. The van der Waals surface area contributed by atoms with Crippen LogP contribution in [0.15, 0.2) is 12.7 Å². The molecule has 0 heterocycles. The highest BCUT2D eigenvalue weighted by atomic mass is 16.3. The quantitative estimate of drug-likeness (QED) is 0.702. The van der Waals surface area contributed by atoms with Crippen LogP contribution < -0.4 is 0 Å². The van der Waals surface area contributed by atoms with Gasteiger partial charge in [0.2, 0.25) is 0 Å². The maximum atomic E-state index is 10.7. The summed E-state index contributed by atoms with van der Waals surface area (Å²) in [6, 6.07) is 0. The number of aliphatic hydroxyl groups is 1. The zero-order valence-electron chi connectivity index (χ0n) is 9.75. The van der Waals surface area contributed by atoms with Crippen molar-refractivity contribution in [2.45, 2.75) is 63.4 Å². The Balaban J connectivity index is 2.05. The van der Waals surface area contributed by atoms with Crippen LogP contribution in [0.1, 0.15) is 57.8 Å². The van der Waals surface area contributed by atoms with Gasteiger partial charge in [0, 0.05) is 0 Å². The van der Waals surface area contributed by atoms with Gasteiger partial charge in [0.1, 0.15) is 0 Å². The molecule has 2 atom stereocenters. The van der Waals surface area contributed by atoms with Gasteiger partial charge in [-0.05, 0) is 43.9 Å². The summed E-state index contributed by atoms with van der Waals surface area (Å²) in [5, 5.41) is 10.7. The molecule has 15 heavy (non-hydrogen) atoms. The van der Waals surface area contributed by atoms with Crippen molar-refractivity contribution in [3.05, 3.63) is 12.7 Å². The number of hydrogen-bond donors (Lipinski definition) is 1. The summed E-state index contributed by atoms with van der Waals surface area (Å²) < 4.78 is 0. The van der Waals surface area contributed by atoms with Crippen molar-refractivity contribution in [3.63, 3.8) is 0 Å². The second-order valence-electron chi connectivity index (χ2n) is 5.49. The summed E-state index contributed by atoms with van der Waals surface area (Å²) >= 11 is 0. The van der Waals surface area contributed by atoms with E-state index in [2.05, 4.69) is 6.58 Å². The fourth-order valence-corrected chi connectivity index (χ4v) is 3.77. The van der Waals surface area contributed by atoms with Crippen molar-refractivity contribution in [2.75, 3.05) is 0 Å². The first-order chi connectivity index (χ1) is 7.26. The molecule has 2 aliphatic carbocycles. The largest absolute Gasteiger partial charge is 0.390 e. The van der Waals surface area contributed by atoms with Crippen molar-refractivity contribution in [3.8, 4) is 0 Å². The van der Waals surface area contributed by atoms with Crippen LogP contribution in [0.2, 0.25) is 0 Å². The Morgan fingerprint density at radius 3 is 2.47 bits per heavy atom. The van der Waals surface area contributed by atoms with E-state index < -0.39 is 0 Å². The zero-order valence-corrected chi connectivity index (χ0v) is 9.75. The molecule has 0 aromatic heterocycles. The molecule has 0 bridgehead atoms. The molecular formula is C14H24O. The van der Waals surface area contributed by atoms with Crippen LogP contribution in [0.3, 0.4) is 0 Å². The SMILES string of the molecule is C=CCC1CCCCC1C1(O)CCCC1. The van der Waals surface area contributed by atoms with E-state index in [1.165, 1.54) is 38.5 Å². The van der Waals surface area contributed by atoms with Crippen LogP contribution >= 0.6 is 0 Å². The molecule has 2 rings (SSSR count). The van der Waals surface area contributed by atoms with E-state index in [1.807, 2.05) is 6.08 Å². The average Bonchev–Trinajstić information content (AvgIpc) is 2.68. The molecule has 1 nitrogen and oxygen atoms in total. The Hall–Kier alpha value is -0.300. The smallest absolute Gasteiger partial charge is 0.0678 e. The first kappa shape index (κ1) is 11.2. The van der Waals surface area contributed by atoms with Crippen molar-refractivity contribution >= 4 is 0 Å². The lowest BCUT2D eigenvalue weighted by molar-refractivity contribution is -0.0513. The van der Waals surface area contributed by atoms with Crippen molar-refractivity contribution in [1.29, 1.82) is 0 Å². The molecule has 1 N–H and O–H groups in total. The van der Waals surface area contributed by atoms with Gasteiger partial charge in [0.25, 0.3) is 0 Å². The minimum Gasteiger partial charge on any atom is -0.390 e. The van der Waals surface area contributed by atoms with Crippen LogP contribution in [-0.2, 0) is 0 Å². The highest BCUT2D eigenvalue weighted by Gasteiger charge is 2.43. The van der Waals surface area contributed by atoms with Crippen LogP contribution in [0.25, 0.3) is 0 Å². The van der Waals surface area contributed by atoms with Crippen LogP contribution in [0.5, 0.6) is 0 Å². The number of hydrogen-bond acceptors (Lipinski definition) is 1. The molecular weight excluding hydrogens is 184 g/mol. The Bertz CT molecular complexity index is 215. The van der Waals surface area contributed by atoms with E-state index in [9.17, 15) is 5.11 Å². The molecule has 0 amide bonds. The Kier molecular flexibility index (Phi) is 3.50. The number of rotatable bonds is 3. The van der Waals surface area contributed by atoms with Crippen LogP contribution in [0, 0.1) is 11.8 Å². The molecule has 2 saturated carbocycles. The fourth-order valence-electron chi connectivity index (χ4n) is 3.77. The summed E-state index contributed by atoms with van der Waals surface area (Å²) in [4.78, 5) is 0. The molecule has 0 saturated heterocycles. The van der Waals surface area contributed by atoms with Crippen molar-refractivity contribution < 1.29 is 5.11 Å². The maximum Gasteiger partial charge on any atom is 0.0678 e. The molecule has 86 valence electrons. The summed E-state index contributed by atoms with van der Waals surface area (Å²) in [5.74, 6) is 1.27. The van der Waals surface area contributed by atoms with Gasteiger partial charge in [0.05, 0.1) is 5.60 Å². The van der Waals surface area contributed by atoms with Gasteiger partial charge in [-0.2, -0.15) is 0 Å². The second kappa shape index (κ2) is 4.69. The van der Waals surface area contributed by atoms with Crippen LogP contribution in [0.4, 0.5) is 0 Å². The van der Waals surface area contributed by atoms with Gasteiger partial charge >= 0.3 is 0 Å². The van der Waals surface area contributed by atoms with E-state index in [0.717, 1.165) is 19.3 Å². The normalized spacial score (nSPS) is 35.3. The Morgan fingerprint density at radius 1 is 1.13 bits per heavy atom. The third kappa shape index (κ3) is 2.28. The lowest BCUT2D eigenvalue weighted by Gasteiger charge is -2.41. The van der Waals surface area contributed by atoms with E-state index in [4.69, 9.17) is 0 Å². The summed E-state index contributed by atoms with van der Waals surface area (Å²) in [6.07, 6.45) is 12.9. The van der Waals surface area contributed by atoms with Crippen LogP contribution in [-0.4, -0.2) is 10.7 Å². The molecule has 1 heteroatoms. The lowest BCUT2D eigenvalue weighted by Crippen LogP contribution is -2.41. The topological polar surface area (TPSA) is 20.2 Å². The Labute approximate surface area is 93.6 Å². The summed E-state index contributed by atoms with van der Waals surface area (Å²) in [7, 11) is 0. The molecule has 0 aliphatic heterocycles. The lowest BCUT2D eigenvalue weighted by atomic mass is 9.68. The molecule has 0 aromatic rings. The number of allylic oxidation sites excluding steroid dienone is 1. The van der Waals surface area contributed by atoms with Gasteiger partial charge in [-0.15, -0.1) is 6.58 Å². The maximum absolute atomic E-state index is 10.7. The average molecular weight is 208 g/mol. The fraction of sp³-hybridized carbons (Fsp3) is 0.857. The van der Waals surface area contributed by atoms with Gasteiger partial charge in [-0.1, -0.05) is 31.8 Å². The third-order valence-corrected chi connectivity index (χ3v) is 4.54. The van der Waals surface area contributed by atoms with Crippen molar-refractivity contribution in [1.82, 2.24) is 0 Å². The summed E-state index contributed by atoms with van der Waals surface area (Å²) in [5.41, 5.74) is -0.311. The monoisotopic (exact) mass is 208 g/mol. The standard InChI is InChI=1S/C14H24O/c1-2-7-12-8-3-4-9-13(12)14(15)10-5-6-11-14/h2,12-13,15H,1,3-11H2. The van der Waals surface area contributed by atoms with E-state index in [1.54, 1.807) is 0 Å². The van der Waals surface area contributed by atoms with Crippen molar-refractivity contribution in [2.24, 2.45) is 11.8 Å². The van der Waals surface area contributed by atoms with E-state index in [0.29, 0.717) is 11.8 Å². The first-order valence-electron chi connectivity index (χ1n) is 6.59. The predicted octanol–water partition coefficient (Wildman–Crippen LogP) is 3.67. The highest BCUT2D eigenvalue weighted by Crippen LogP contribution is 2.46. The van der Waals surface area contributed by atoms with Gasteiger partial charge in [-0.3, -0.25) is 0 Å². The molecule has 0 spiro atoms. The van der Waals surface area contributed by atoms with E-state index in [-0.39, 0.29) is 5.60 Å². The van der Waals surface area contributed by atoms with Gasteiger partial charge < -0.3 is 5.11 Å². The second-order valence-corrected chi connectivity index (χ2v) is 5.49. The highest BCUT2D eigenvalue weighted by molar-refractivity contribution is 4.96. The zero-order chi connectivity index (χ0) is 10.7. The van der Waals surface area contributed by atoms with Gasteiger partial charge in [-0.25, -0.2) is 0 Å². The molecule has 2 aliphatic rings. The minimum atomic E-state index is -0.311. The molecule has 0 radical (unpaired) electrons. The first-order valence-corrected chi connectivity index (χ1v) is 6.59. The molecule has 0 aromatic carbocycles. The Morgan fingerprint density at radius 2 is 1.80 bits per heavy atom. The summed E-state index contributed by atoms with van der Waals surface area (Å²) in [6.45, 7) is 3.86. The third-order valence-electron chi connectivity index (χ3n) is 4.54. The van der Waals surface area contributed by atoms with Gasteiger partial charge in [0.15, 0.2) is 0 Å². The minimum absolute atomic E-state index is 0.311. The molecule has 2 fully saturated rings.